The zero-order chi connectivity index (χ0) is 19.3. The number of nitrogens with zero attached hydrogens (tertiary/aromatic N) is 2. The molecule has 1 aromatic heterocycles. The number of hydrogen-bond acceptors (Lipinski definition) is 4. The second kappa shape index (κ2) is 8.33. The molecule has 1 amide bonds. The fourth-order valence-corrected chi connectivity index (χ4v) is 2.88. The summed E-state index contributed by atoms with van der Waals surface area (Å²) in [5, 5.41) is 5.84. The van der Waals surface area contributed by atoms with E-state index in [0.717, 1.165) is 16.6 Å². The van der Waals surface area contributed by atoms with Crippen LogP contribution in [-0.4, -0.2) is 34.5 Å². The highest BCUT2D eigenvalue weighted by molar-refractivity contribution is 5.82. The molecule has 0 atom stereocenters. The molecule has 2 N–H and O–H groups in total. The van der Waals surface area contributed by atoms with Crippen LogP contribution in [0.4, 0.5) is 0 Å². The van der Waals surface area contributed by atoms with E-state index in [4.69, 9.17) is 20.3 Å². The highest BCUT2D eigenvalue weighted by Crippen LogP contribution is 2.22. The number of para-hydroxylation sites is 1. The van der Waals surface area contributed by atoms with Gasteiger partial charge in [0.05, 0.1) is 36.6 Å². The Balaban J connectivity index is 1.74. The van der Waals surface area contributed by atoms with E-state index in [2.05, 4.69) is 24.3 Å². The number of benzene rings is 2. The van der Waals surface area contributed by atoms with Gasteiger partial charge in [0.15, 0.2) is 0 Å². The normalized spacial score (nSPS) is 11.8. The van der Waals surface area contributed by atoms with Crippen LogP contribution >= 0.6 is 0 Å². The lowest BCUT2D eigenvalue weighted by Crippen LogP contribution is -2.32. The van der Waals surface area contributed by atoms with Crippen molar-refractivity contribution in [2.75, 3.05) is 13.2 Å². The van der Waals surface area contributed by atoms with Crippen LogP contribution in [0.25, 0.3) is 10.9 Å². The molecule has 0 radical (unpaired) electrons. The number of fused-ring (bicyclic) bond motifs is 1. The number of ether oxygens (including phenoxy) is 2. The first kappa shape index (κ1) is 19.1. The Bertz CT molecular complexity index is 903. The lowest BCUT2D eigenvalue weighted by Gasteiger charge is -2.24. The summed E-state index contributed by atoms with van der Waals surface area (Å²) in [6.45, 7) is 5.05. The number of carbonyl (C=O) groups is 1. The Morgan fingerprint density at radius 1 is 1.11 bits per heavy atom. The van der Waals surface area contributed by atoms with Gasteiger partial charge >= 0.3 is 0 Å². The summed E-state index contributed by atoms with van der Waals surface area (Å²) < 4.78 is 13.3. The number of nitrogens with two attached hydrogens (primary N) is 1. The number of amides is 1. The minimum Gasteiger partial charge on any atom is -0.369 e. The molecule has 1 heterocycles. The van der Waals surface area contributed by atoms with E-state index >= 15 is 0 Å². The minimum atomic E-state index is -0.556. The zero-order valence-electron chi connectivity index (χ0n) is 15.7. The Morgan fingerprint density at radius 3 is 2.56 bits per heavy atom. The molecule has 0 saturated carbocycles. The molecule has 6 nitrogen and oxygen atoms in total. The Labute approximate surface area is 158 Å². The van der Waals surface area contributed by atoms with Crippen LogP contribution in [0, 0.1) is 0 Å². The molecule has 27 heavy (non-hydrogen) atoms. The van der Waals surface area contributed by atoms with Gasteiger partial charge in [0.2, 0.25) is 5.91 Å². The molecular formula is C21H25N3O3. The molecule has 0 aliphatic heterocycles. The van der Waals surface area contributed by atoms with Crippen LogP contribution in [-0.2, 0) is 27.4 Å². The first-order valence-electron chi connectivity index (χ1n) is 8.93. The van der Waals surface area contributed by atoms with Crippen molar-refractivity contribution in [3.63, 3.8) is 0 Å². The summed E-state index contributed by atoms with van der Waals surface area (Å²) in [5.74, 6) is -0.489. The SMILES string of the molecule is CC(C)(COCC(N)=O)OCc1nn(Cc2ccccc2)c2ccccc12. The molecule has 0 saturated heterocycles. The summed E-state index contributed by atoms with van der Waals surface area (Å²) in [5.41, 5.74) is 7.69. The zero-order valence-corrected chi connectivity index (χ0v) is 15.7. The number of rotatable bonds is 9. The predicted octanol–water partition coefficient (Wildman–Crippen LogP) is 2.88. The minimum absolute atomic E-state index is 0.110. The molecule has 0 aliphatic carbocycles. The molecule has 0 spiro atoms. The van der Waals surface area contributed by atoms with Gasteiger partial charge in [-0.2, -0.15) is 5.10 Å². The van der Waals surface area contributed by atoms with Gasteiger partial charge in [0, 0.05) is 5.39 Å². The predicted molar refractivity (Wildman–Crippen MR) is 104 cm³/mol. The quantitative estimate of drug-likeness (QED) is 0.631. The van der Waals surface area contributed by atoms with E-state index in [-0.39, 0.29) is 13.2 Å². The van der Waals surface area contributed by atoms with Crippen molar-refractivity contribution in [1.82, 2.24) is 9.78 Å². The molecule has 0 unspecified atom stereocenters. The topological polar surface area (TPSA) is 79.4 Å². The van der Waals surface area contributed by atoms with Crippen molar-refractivity contribution in [2.24, 2.45) is 5.73 Å². The van der Waals surface area contributed by atoms with E-state index in [1.807, 2.05) is 48.9 Å². The number of aromatic nitrogens is 2. The summed E-state index contributed by atoms with van der Waals surface area (Å²) in [6, 6.07) is 18.4. The lowest BCUT2D eigenvalue weighted by atomic mass is 10.1. The average molecular weight is 367 g/mol. The van der Waals surface area contributed by atoms with Crippen LogP contribution in [0.2, 0.25) is 0 Å². The van der Waals surface area contributed by atoms with Crippen LogP contribution in [0.3, 0.4) is 0 Å². The largest absolute Gasteiger partial charge is 0.369 e. The second-order valence-corrected chi connectivity index (χ2v) is 7.11. The first-order chi connectivity index (χ1) is 12.9. The van der Waals surface area contributed by atoms with Crippen LogP contribution < -0.4 is 5.73 Å². The molecule has 2 aromatic carbocycles. The molecule has 0 aliphatic rings. The van der Waals surface area contributed by atoms with Crippen molar-refractivity contribution in [3.8, 4) is 0 Å². The first-order valence-corrected chi connectivity index (χ1v) is 8.93. The molecule has 0 fully saturated rings. The fraction of sp³-hybridized carbons (Fsp3) is 0.333. The van der Waals surface area contributed by atoms with E-state index in [1.165, 1.54) is 5.56 Å². The van der Waals surface area contributed by atoms with Crippen LogP contribution in [0.1, 0.15) is 25.1 Å². The van der Waals surface area contributed by atoms with Crippen molar-refractivity contribution >= 4 is 16.8 Å². The monoisotopic (exact) mass is 367 g/mol. The number of carbonyl (C=O) groups excluding carboxylic acids is 1. The summed E-state index contributed by atoms with van der Waals surface area (Å²) in [6.07, 6.45) is 0. The van der Waals surface area contributed by atoms with E-state index < -0.39 is 11.5 Å². The highest BCUT2D eigenvalue weighted by Gasteiger charge is 2.21. The van der Waals surface area contributed by atoms with Crippen LogP contribution in [0.5, 0.6) is 0 Å². The van der Waals surface area contributed by atoms with Crippen molar-refractivity contribution < 1.29 is 14.3 Å². The maximum Gasteiger partial charge on any atom is 0.243 e. The average Bonchev–Trinajstić information content (AvgIpc) is 2.98. The van der Waals surface area contributed by atoms with E-state index in [9.17, 15) is 4.79 Å². The maximum absolute atomic E-state index is 10.8. The highest BCUT2D eigenvalue weighted by atomic mass is 16.5. The van der Waals surface area contributed by atoms with Gasteiger partial charge in [-0.1, -0.05) is 48.5 Å². The third-order valence-corrected chi connectivity index (χ3v) is 4.20. The van der Waals surface area contributed by atoms with Gasteiger partial charge in [-0.3, -0.25) is 9.48 Å². The van der Waals surface area contributed by atoms with Gasteiger partial charge in [-0.05, 0) is 25.5 Å². The van der Waals surface area contributed by atoms with Gasteiger partial charge in [-0.15, -0.1) is 0 Å². The summed E-state index contributed by atoms with van der Waals surface area (Å²) in [4.78, 5) is 10.8. The lowest BCUT2D eigenvalue weighted by molar-refractivity contribution is -0.127. The van der Waals surface area contributed by atoms with Crippen molar-refractivity contribution in [2.45, 2.75) is 32.6 Å². The summed E-state index contributed by atoms with van der Waals surface area (Å²) >= 11 is 0. The Kier molecular flexibility index (Phi) is 5.88. The van der Waals surface area contributed by atoms with Crippen molar-refractivity contribution in [3.05, 3.63) is 65.9 Å². The molecule has 142 valence electrons. The molecule has 3 rings (SSSR count). The van der Waals surface area contributed by atoms with E-state index in [0.29, 0.717) is 13.2 Å². The molecule has 6 heteroatoms. The van der Waals surface area contributed by atoms with Crippen molar-refractivity contribution in [1.29, 1.82) is 0 Å². The second-order valence-electron chi connectivity index (χ2n) is 7.11. The third-order valence-electron chi connectivity index (χ3n) is 4.20. The summed E-state index contributed by atoms with van der Waals surface area (Å²) in [7, 11) is 0. The van der Waals surface area contributed by atoms with Gasteiger partial charge in [-0.25, -0.2) is 0 Å². The van der Waals surface area contributed by atoms with Gasteiger partial charge < -0.3 is 15.2 Å². The Morgan fingerprint density at radius 2 is 1.81 bits per heavy atom. The number of hydrogen-bond donors (Lipinski definition) is 1. The maximum atomic E-state index is 10.8. The molecule has 0 bridgehead atoms. The van der Waals surface area contributed by atoms with E-state index in [1.54, 1.807) is 0 Å². The van der Waals surface area contributed by atoms with Gasteiger partial charge in [0.1, 0.15) is 6.61 Å². The standard InChI is InChI=1S/C21H25N3O3/c1-21(2,15-26-14-20(22)25)27-13-18-17-10-6-7-11-19(17)24(23-18)12-16-8-4-3-5-9-16/h3-11H,12-15H2,1-2H3,(H2,22,25). The third kappa shape index (κ3) is 5.15. The van der Waals surface area contributed by atoms with Gasteiger partial charge in [0.25, 0.3) is 0 Å². The fourth-order valence-electron chi connectivity index (χ4n) is 2.88. The van der Waals surface area contributed by atoms with Crippen LogP contribution in [0.15, 0.2) is 54.6 Å². The smallest absolute Gasteiger partial charge is 0.243 e. The number of primary amides is 1. The Hall–Kier alpha value is -2.70. The molecular weight excluding hydrogens is 342 g/mol. The molecule has 3 aromatic rings.